The van der Waals surface area contributed by atoms with Crippen molar-refractivity contribution in [3.05, 3.63) is 95.6 Å². The highest BCUT2D eigenvalue weighted by Gasteiger charge is 2.07. The lowest BCUT2D eigenvalue weighted by Gasteiger charge is -2.11. The second-order valence-electron chi connectivity index (χ2n) is 6.06. The van der Waals surface area contributed by atoms with Gasteiger partial charge in [0.2, 0.25) is 0 Å². The van der Waals surface area contributed by atoms with E-state index in [1.165, 1.54) is 24.3 Å². The first-order valence-electron chi connectivity index (χ1n) is 8.72. The zero-order valence-corrected chi connectivity index (χ0v) is 15.0. The molecule has 1 amide bonds. The average Bonchev–Trinajstić information content (AvgIpc) is 2.72. The van der Waals surface area contributed by atoms with E-state index in [0.717, 1.165) is 24.1 Å². The number of ether oxygens (including phenoxy) is 1. The molecule has 0 atom stereocenters. The van der Waals surface area contributed by atoms with Crippen molar-refractivity contribution in [3.8, 4) is 11.5 Å². The molecule has 2 N–H and O–H groups in total. The van der Waals surface area contributed by atoms with E-state index in [1.807, 2.05) is 30.3 Å². The molecule has 0 fully saturated rings. The maximum atomic E-state index is 13.4. The largest absolute Gasteiger partial charge is 0.457 e. The van der Waals surface area contributed by atoms with Gasteiger partial charge in [0.1, 0.15) is 17.3 Å². The van der Waals surface area contributed by atoms with Crippen LogP contribution in [0.5, 0.6) is 11.5 Å². The summed E-state index contributed by atoms with van der Waals surface area (Å²) in [5.41, 5.74) is 4.19. The molecule has 0 aliphatic rings. The maximum absolute atomic E-state index is 13.4. The van der Waals surface area contributed by atoms with Crippen LogP contribution in [0.1, 0.15) is 16.8 Å². The van der Waals surface area contributed by atoms with Crippen molar-refractivity contribution in [3.63, 3.8) is 0 Å². The van der Waals surface area contributed by atoms with Gasteiger partial charge in [0.25, 0.3) is 5.91 Å². The first kappa shape index (κ1) is 19.3. The van der Waals surface area contributed by atoms with E-state index in [-0.39, 0.29) is 0 Å². The fourth-order valence-electron chi connectivity index (χ4n) is 2.66. The standard InChI is InChI=1S/C22H19FN2O3/c23-18-4-3-6-20(15-18)28-21-11-8-16(7-10-19-5-1-2-13-24-19)14-17(21)9-12-22(26)25-27/h1-6,8-9,11-15,27H,7,10H2,(H,25,26)/b12-9+. The molecule has 0 aliphatic carbocycles. The first-order valence-corrected chi connectivity index (χ1v) is 8.72. The average molecular weight is 378 g/mol. The number of carbonyl (C=O) groups excluding carboxylic acids is 1. The predicted octanol–water partition coefficient (Wildman–Crippen LogP) is 4.32. The molecule has 6 heteroatoms. The van der Waals surface area contributed by atoms with E-state index >= 15 is 0 Å². The number of nitrogens with one attached hydrogen (secondary N) is 1. The summed E-state index contributed by atoms with van der Waals surface area (Å²) in [5.74, 6) is -0.242. The third-order valence-electron chi connectivity index (χ3n) is 4.02. The van der Waals surface area contributed by atoms with Crippen LogP contribution in [0.4, 0.5) is 4.39 Å². The highest BCUT2D eigenvalue weighted by Crippen LogP contribution is 2.28. The summed E-state index contributed by atoms with van der Waals surface area (Å²) in [6.07, 6.45) is 6.00. The number of hydroxylamine groups is 1. The van der Waals surface area contributed by atoms with Crippen LogP contribution in [-0.2, 0) is 17.6 Å². The molecule has 0 saturated heterocycles. The quantitative estimate of drug-likeness (QED) is 0.365. The van der Waals surface area contributed by atoms with Gasteiger partial charge in [-0.15, -0.1) is 0 Å². The summed E-state index contributed by atoms with van der Waals surface area (Å²) < 4.78 is 19.2. The minimum Gasteiger partial charge on any atom is -0.457 e. The van der Waals surface area contributed by atoms with Crippen LogP contribution in [0.15, 0.2) is 72.9 Å². The van der Waals surface area contributed by atoms with Gasteiger partial charge in [-0.05, 0) is 60.9 Å². The smallest absolute Gasteiger partial charge is 0.267 e. The number of benzene rings is 2. The third-order valence-corrected chi connectivity index (χ3v) is 4.02. The highest BCUT2D eigenvalue weighted by molar-refractivity contribution is 5.91. The number of hydrogen-bond donors (Lipinski definition) is 2. The fraction of sp³-hybridized carbons (Fsp3) is 0.0909. The van der Waals surface area contributed by atoms with Gasteiger partial charge >= 0.3 is 0 Å². The fourth-order valence-corrected chi connectivity index (χ4v) is 2.66. The number of aryl methyl sites for hydroxylation is 2. The van der Waals surface area contributed by atoms with Crippen LogP contribution in [0.3, 0.4) is 0 Å². The van der Waals surface area contributed by atoms with Gasteiger partial charge in [0.05, 0.1) is 0 Å². The van der Waals surface area contributed by atoms with Crippen LogP contribution in [0.25, 0.3) is 6.08 Å². The first-order chi connectivity index (χ1) is 13.6. The van der Waals surface area contributed by atoms with E-state index in [0.29, 0.717) is 17.1 Å². The number of carbonyl (C=O) groups is 1. The lowest BCUT2D eigenvalue weighted by atomic mass is 10.0. The van der Waals surface area contributed by atoms with Gasteiger partial charge in [-0.25, -0.2) is 9.87 Å². The minimum atomic E-state index is -0.657. The number of pyridine rings is 1. The highest BCUT2D eigenvalue weighted by atomic mass is 19.1. The molecule has 1 heterocycles. The topological polar surface area (TPSA) is 71.5 Å². The van der Waals surface area contributed by atoms with Crippen molar-refractivity contribution in [2.75, 3.05) is 0 Å². The summed E-state index contributed by atoms with van der Waals surface area (Å²) >= 11 is 0. The number of nitrogens with zero attached hydrogens (tertiary/aromatic N) is 1. The molecule has 3 rings (SSSR count). The number of aromatic nitrogens is 1. The van der Waals surface area contributed by atoms with E-state index in [1.54, 1.807) is 29.9 Å². The van der Waals surface area contributed by atoms with Crippen LogP contribution >= 0.6 is 0 Å². The molecule has 0 aliphatic heterocycles. The third kappa shape index (κ3) is 5.49. The Kier molecular flexibility index (Phi) is 6.49. The number of hydrogen-bond acceptors (Lipinski definition) is 4. The monoisotopic (exact) mass is 378 g/mol. The van der Waals surface area contributed by atoms with Crippen molar-refractivity contribution in [2.45, 2.75) is 12.8 Å². The molecule has 0 radical (unpaired) electrons. The Morgan fingerprint density at radius 1 is 1.11 bits per heavy atom. The Morgan fingerprint density at radius 2 is 2.00 bits per heavy atom. The Hall–Kier alpha value is -3.51. The molecule has 1 aromatic heterocycles. The zero-order valence-electron chi connectivity index (χ0n) is 15.0. The van der Waals surface area contributed by atoms with Crippen LogP contribution < -0.4 is 10.2 Å². The summed E-state index contributed by atoms with van der Waals surface area (Å²) in [5, 5.41) is 8.68. The van der Waals surface area contributed by atoms with E-state index in [9.17, 15) is 9.18 Å². The van der Waals surface area contributed by atoms with Crippen LogP contribution in [0.2, 0.25) is 0 Å². The van der Waals surface area contributed by atoms with E-state index in [4.69, 9.17) is 9.94 Å². The van der Waals surface area contributed by atoms with E-state index < -0.39 is 11.7 Å². The maximum Gasteiger partial charge on any atom is 0.267 e. The molecular formula is C22H19FN2O3. The van der Waals surface area contributed by atoms with Crippen molar-refractivity contribution < 1.29 is 19.1 Å². The Balaban J connectivity index is 1.83. The Labute approximate surface area is 162 Å². The molecule has 2 aromatic carbocycles. The van der Waals surface area contributed by atoms with Crippen molar-refractivity contribution in [2.24, 2.45) is 0 Å². The molecule has 3 aromatic rings. The molecule has 0 spiro atoms. The Bertz CT molecular complexity index is 975. The summed E-state index contributed by atoms with van der Waals surface area (Å²) in [7, 11) is 0. The van der Waals surface area contributed by atoms with Crippen molar-refractivity contribution >= 4 is 12.0 Å². The molecule has 28 heavy (non-hydrogen) atoms. The second kappa shape index (κ2) is 9.43. The van der Waals surface area contributed by atoms with Gasteiger partial charge in [-0.2, -0.15) is 0 Å². The van der Waals surface area contributed by atoms with Crippen molar-refractivity contribution in [1.29, 1.82) is 0 Å². The number of amides is 1. The molecule has 5 nitrogen and oxygen atoms in total. The van der Waals surface area contributed by atoms with Gasteiger partial charge in [-0.3, -0.25) is 15.0 Å². The summed E-state index contributed by atoms with van der Waals surface area (Å²) in [4.78, 5) is 15.7. The van der Waals surface area contributed by atoms with Gasteiger partial charge in [0, 0.05) is 29.6 Å². The Morgan fingerprint density at radius 3 is 2.75 bits per heavy atom. The zero-order chi connectivity index (χ0) is 19.8. The molecular weight excluding hydrogens is 359 g/mol. The predicted molar refractivity (Wildman–Crippen MR) is 104 cm³/mol. The van der Waals surface area contributed by atoms with Crippen LogP contribution in [-0.4, -0.2) is 16.1 Å². The number of rotatable bonds is 7. The molecule has 142 valence electrons. The lowest BCUT2D eigenvalue weighted by Crippen LogP contribution is -2.14. The van der Waals surface area contributed by atoms with Crippen LogP contribution in [0, 0.1) is 5.82 Å². The van der Waals surface area contributed by atoms with Gasteiger partial charge < -0.3 is 4.74 Å². The summed E-state index contributed by atoms with van der Waals surface area (Å²) in [6.45, 7) is 0. The van der Waals surface area contributed by atoms with Gasteiger partial charge in [0.15, 0.2) is 0 Å². The second-order valence-corrected chi connectivity index (χ2v) is 6.06. The normalized spacial score (nSPS) is 10.8. The molecule has 0 saturated carbocycles. The molecule has 0 bridgehead atoms. The van der Waals surface area contributed by atoms with E-state index in [2.05, 4.69) is 4.98 Å². The number of halogens is 1. The SMILES string of the molecule is O=C(/C=C/c1cc(CCc2ccccn2)ccc1Oc1cccc(F)c1)NO. The van der Waals surface area contributed by atoms with Gasteiger partial charge in [-0.1, -0.05) is 18.2 Å². The minimum absolute atomic E-state index is 0.350. The van der Waals surface area contributed by atoms with Crippen molar-refractivity contribution in [1.82, 2.24) is 10.5 Å². The molecule has 0 unspecified atom stereocenters. The summed E-state index contributed by atoms with van der Waals surface area (Å²) in [6, 6.07) is 17.2. The lowest BCUT2D eigenvalue weighted by molar-refractivity contribution is -0.124.